The molecule has 0 aromatic carbocycles. The lowest BCUT2D eigenvalue weighted by Gasteiger charge is -2.32. The van der Waals surface area contributed by atoms with Crippen LogP contribution in [0.2, 0.25) is 0 Å². The molecule has 78 valence electrons. The van der Waals surface area contributed by atoms with Gasteiger partial charge in [-0.1, -0.05) is 11.6 Å². The summed E-state index contributed by atoms with van der Waals surface area (Å²) in [5.41, 5.74) is 2.96. The Bertz CT molecular complexity index is 321. The van der Waals surface area contributed by atoms with Crippen molar-refractivity contribution in [3.8, 4) is 0 Å². The van der Waals surface area contributed by atoms with Gasteiger partial charge in [0.15, 0.2) is 5.78 Å². The minimum atomic E-state index is -0.275. The van der Waals surface area contributed by atoms with Crippen molar-refractivity contribution in [1.29, 1.82) is 0 Å². The second-order valence-electron chi connectivity index (χ2n) is 4.23. The van der Waals surface area contributed by atoms with Gasteiger partial charge in [0, 0.05) is 5.75 Å². The van der Waals surface area contributed by atoms with Crippen LogP contribution in [0.1, 0.15) is 27.7 Å². The Morgan fingerprint density at radius 1 is 1.36 bits per heavy atom. The van der Waals surface area contributed by atoms with Crippen molar-refractivity contribution in [2.75, 3.05) is 12.0 Å². The normalized spacial score (nSPS) is 28.1. The maximum Gasteiger partial charge on any atom is 0.169 e. The highest BCUT2D eigenvalue weighted by atomic mass is 32.2. The lowest BCUT2D eigenvalue weighted by atomic mass is 9.73. The highest BCUT2D eigenvalue weighted by Gasteiger charge is 2.37. The van der Waals surface area contributed by atoms with E-state index in [1.165, 1.54) is 5.57 Å². The molecule has 2 heteroatoms. The lowest BCUT2D eigenvalue weighted by Crippen LogP contribution is -2.35. The van der Waals surface area contributed by atoms with Crippen LogP contribution in [0.25, 0.3) is 0 Å². The van der Waals surface area contributed by atoms with Crippen LogP contribution in [0.3, 0.4) is 0 Å². The molecule has 0 aliphatic heterocycles. The second kappa shape index (κ2) is 3.93. The maximum absolute atomic E-state index is 12.1. The SMILES string of the molecule is CSCC1(C)C(=O)C(C)=C(C)C=C1C. The third kappa shape index (κ3) is 1.68. The number of rotatable bonds is 2. The largest absolute Gasteiger partial charge is 0.294 e. The molecule has 0 saturated heterocycles. The van der Waals surface area contributed by atoms with E-state index in [2.05, 4.69) is 13.0 Å². The van der Waals surface area contributed by atoms with Crippen molar-refractivity contribution >= 4 is 17.5 Å². The Hall–Kier alpha value is -0.500. The molecule has 14 heavy (non-hydrogen) atoms. The second-order valence-corrected chi connectivity index (χ2v) is 5.10. The molecule has 0 saturated carbocycles. The van der Waals surface area contributed by atoms with E-state index in [1.807, 2.05) is 27.0 Å². The first-order valence-corrected chi connectivity index (χ1v) is 6.23. The minimum absolute atomic E-state index is 0.275. The number of hydrogen-bond acceptors (Lipinski definition) is 2. The maximum atomic E-state index is 12.1. The van der Waals surface area contributed by atoms with Gasteiger partial charge in [-0.3, -0.25) is 4.79 Å². The first kappa shape index (κ1) is 11.6. The van der Waals surface area contributed by atoms with Gasteiger partial charge in [0.2, 0.25) is 0 Å². The number of carbonyl (C=O) groups is 1. The van der Waals surface area contributed by atoms with Crippen molar-refractivity contribution in [3.05, 3.63) is 22.8 Å². The highest BCUT2D eigenvalue weighted by molar-refractivity contribution is 7.98. The number of Topliss-reactive ketones (excluding diaryl/α,β-unsaturated/α-hetero) is 1. The molecule has 1 atom stereocenters. The summed E-state index contributed by atoms with van der Waals surface area (Å²) < 4.78 is 0. The van der Waals surface area contributed by atoms with Gasteiger partial charge in [0.25, 0.3) is 0 Å². The molecule has 0 bridgehead atoms. The van der Waals surface area contributed by atoms with Crippen LogP contribution in [0.4, 0.5) is 0 Å². The van der Waals surface area contributed by atoms with Gasteiger partial charge in [-0.2, -0.15) is 11.8 Å². The average Bonchev–Trinajstić information content (AvgIpc) is 2.13. The van der Waals surface area contributed by atoms with E-state index in [-0.39, 0.29) is 5.41 Å². The van der Waals surface area contributed by atoms with Crippen molar-refractivity contribution in [3.63, 3.8) is 0 Å². The molecule has 1 rings (SSSR count). The smallest absolute Gasteiger partial charge is 0.169 e. The summed E-state index contributed by atoms with van der Waals surface area (Å²) in [7, 11) is 0. The summed E-state index contributed by atoms with van der Waals surface area (Å²) in [6.45, 7) is 8.05. The van der Waals surface area contributed by atoms with Gasteiger partial charge < -0.3 is 0 Å². The molecule has 1 nitrogen and oxygen atoms in total. The average molecular weight is 210 g/mol. The van der Waals surface area contributed by atoms with Gasteiger partial charge in [-0.25, -0.2) is 0 Å². The van der Waals surface area contributed by atoms with Crippen LogP contribution in [0, 0.1) is 5.41 Å². The zero-order valence-corrected chi connectivity index (χ0v) is 10.4. The molecule has 0 N–H and O–H groups in total. The highest BCUT2D eigenvalue weighted by Crippen LogP contribution is 2.38. The van der Waals surface area contributed by atoms with Gasteiger partial charge in [-0.15, -0.1) is 0 Å². The quantitative estimate of drug-likeness (QED) is 0.696. The van der Waals surface area contributed by atoms with Crippen LogP contribution >= 0.6 is 11.8 Å². The van der Waals surface area contributed by atoms with E-state index < -0.39 is 0 Å². The van der Waals surface area contributed by atoms with Crippen LogP contribution in [-0.4, -0.2) is 17.8 Å². The third-order valence-electron chi connectivity index (χ3n) is 3.17. The lowest BCUT2D eigenvalue weighted by molar-refractivity contribution is -0.121. The van der Waals surface area contributed by atoms with Crippen LogP contribution in [-0.2, 0) is 4.79 Å². The molecule has 0 radical (unpaired) electrons. The molecular formula is C12H18OS. The van der Waals surface area contributed by atoms with E-state index in [0.717, 1.165) is 16.9 Å². The van der Waals surface area contributed by atoms with Gasteiger partial charge in [0.05, 0.1) is 5.41 Å². The Morgan fingerprint density at radius 3 is 2.43 bits per heavy atom. The number of thioether (sulfide) groups is 1. The number of ketones is 1. The summed E-state index contributed by atoms with van der Waals surface area (Å²) in [5, 5.41) is 0. The molecule has 0 spiro atoms. The molecule has 1 aliphatic rings. The zero-order chi connectivity index (χ0) is 10.9. The standard InChI is InChI=1S/C12H18OS/c1-8-6-9(2)12(4,7-14-5)11(13)10(8)3/h6H,7H2,1-5H3. The van der Waals surface area contributed by atoms with Gasteiger partial charge in [-0.05, 0) is 45.1 Å². The van der Waals surface area contributed by atoms with E-state index in [9.17, 15) is 4.79 Å². The summed E-state index contributed by atoms with van der Waals surface area (Å²) in [6.07, 6.45) is 4.19. The fourth-order valence-electron chi connectivity index (χ4n) is 1.83. The van der Waals surface area contributed by atoms with Crippen molar-refractivity contribution in [1.82, 2.24) is 0 Å². The topological polar surface area (TPSA) is 17.1 Å². The Morgan fingerprint density at radius 2 is 1.93 bits per heavy atom. The van der Waals surface area contributed by atoms with Crippen LogP contribution < -0.4 is 0 Å². The van der Waals surface area contributed by atoms with Crippen LogP contribution in [0.15, 0.2) is 22.8 Å². The fraction of sp³-hybridized carbons (Fsp3) is 0.583. The van der Waals surface area contributed by atoms with Gasteiger partial charge >= 0.3 is 0 Å². The van der Waals surface area contributed by atoms with Crippen molar-refractivity contribution in [2.45, 2.75) is 27.7 Å². The van der Waals surface area contributed by atoms with E-state index in [0.29, 0.717) is 5.78 Å². The molecule has 0 fully saturated rings. The molecule has 1 unspecified atom stereocenters. The summed E-state index contributed by atoms with van der Waals surface area (Å²) in [6, 6.07) is 0. The summed E-state index contributed by atoms with van der Waals surface area (Å²) in [5.74, 6) is 1.17. The Labute approximate surface area is 90.7 Å². The summed E-state index contributed by atoms with van der Waals surface area (Å²) >= 11 is 1.73. The fourth-order valence-corrected chi connectivity index (χ4v) is 2.77. The van der Waals surface area contributed by atoms with Crippen LogP contribution in [0.5, 0.6) is 0 Å². The minimum Gasteiger partial charge on any atom is -0.294 e. The number of allylic oxidation sites excluding steroid dienone is 4. The predicted molar refractivity (Wildman–Crippen MR) is 63.6 cm³/mol. The third-order valence-corrected chi connectivity index (χ3v) is 4.04. The monoisotopic (exact) mass is 210 g/mol. The molecule has 0 aromatic rings. The predicted octanol–water partition coefficient (Wildman–Crippen LogP) is 3.22. The summed E-state index contributed by atoms with van der Waals surface area (Å²) in [4.78, 5) is 12.1. The number of hydrogen-bond donors (Lipinski definition) is 0. The van der Waals surface area contributed by atoms with Crippen molar-refractivity contribution in [2.24, 2.45) is 5.41 Å². The van der Waals surface area contributed by atoms with Gasteiger partial charge in [0.1, 0.15) is 0 Å². The molecule has 1 aliphatic carbocycles. The van der Waals surface area contributed by atoms with E-state index >= 15 is 0 Å². The first-order chi connectivity index (χ1) is 6.43. The first-order valence-electron chi connectivity index (χ1n) is 4.83. The molecule has 0 aromatic heterocycles. The zero-order valence-electron chi connectivity index (χ0n) is 9.60. The van der Waals surface area contributed by atoms with E-state index in [1.54, 1.807) is 11.8 Å². The molecular weight excluding hydrogens is 192 g/mol. The molecule has 0 heterocycles. The Balaban J connectivity index is 3.15. The molecule has 0 amide bonds. The van der Waals surface area contributed by atoms with Crippen molar-refractivity contribution < 1.29 is 4.79 Å². The van der Waals surface area contributed by atoms with E-state index in [4.69, 9.17) is 0 Å². The Kier molecular flexibility index (Phi) is 3.25. The number of carbonyl (C=O) groups excluding carboxylic acids is 1.